The van der Waals surface area contributed by atoms with Crippen LogP contribution in [0.1, 0.15) is 10.7 Å². The van der Waals surface area contributed by atoms with Gasteiger partial charge >= 0.3 is 0 Å². The number of hydrogen-bond acceptors (Lipinski definition) is 4. The molecule has 0 fully saturated rings. The van der Waals surface area contributed by atoms with E-state index < -0.39 is 0 Å². The predicted molar refractivity (Wildman–Crippen MR) is 49.7 cm³/mol. The fraction of sp³-hybridized carbons (Fsp3) is 0.125. The molecule has 2 rings (SSSR count). The Bertz CT molecular complexity index is 561. The number of aromatic nitrogens is 2. The number of aryl methyl sites for hydroxylation is 1. The van der Waals surface area contributed by atoms with Crippen LogP contribution in [0, 0.1) is 18.3 Å². The number of hydrogen-bond donors (Lipinski definition) is 1. The molecule has 2 aromatic rings. The van der Waals surface area contributed by atoms with Crippen LogP contribution in [0.5, 0.6) is 0 Å². The summed E-state index contributed by atoms with van der Waals surface area (Å²) in [4.78, 5) is 18.9. The maximum Gasteiger partial charge on any atom is 0.208 e. The monoisotopic (exact) mass is 191 g/mol. The van der Waals surface area contributed by atoms with Crippen LogP contribution < -0.4 is 5.43 Å². The molecule has 0 aliphatic carbocycles. The van der Waals surface area contributed by atoms with Crippen molar-refractivity contribution in [3.05, 3.63) is 27.0 Å². The Labute approximate surface area is 77.5 Å². The van der Waals surface area contributed by atoms with Crippen LogP contribution in [0.25, 0.3) is 10.3 Å². The number of pyridine rings is 1. The van der Waals surface area contributed by atoms with E-state index in [0.29, 0.717) is 15.4 Å². The molecule has 5 heteroatoms. The highest BCUT2D eigenvalue weighted by Gasteiger charge is 2.06. The molecule has 0 aliphatic rings. The molecule has 4 nitrogen and oxygen atoms in total. The molecule has 0 saturated carbocycles. The van der Waals surface area contributed by atoms with Gasteiger partial charge in [0, 0.05) is 11.8 Å². The lowest BCUT2D eigenvalue weighted by molar-refractivity contribution is 1.24. The van der Waals surface area contributed by atoms with Crippen LogP contribution >= 0.6 is 11.3 Å². The summed E-state index contributed by atoms with van der Waals surface area (Å²) in [5, 5.41) is 8.89. The third kappa shape index (κ3) is 1.21. The van der Waals surface area contributed by atoms with Gasteiger partial charge in [0.05, 0.1) is 0 Å². The van der Waals surface area contributed by atoms with E-state index in [2.05, 4.69) is 9.97 Å². The van der Waals surface area contributed by atoms with Gasteiger partial charge in [0.2, 0.25) is 5.43 Å². The van der Waals surface area contributed by atoms with Crippen molar-refractivity contribution in [2.75, 3.05) is 0 Å². The summed E-state index contributed by atoms with van der Waals surface area (Å²) in [6.45, 7) is 1.80. The molecule has 0 atom stereocenters. The molecule has 0 unspecified atom stereocenters. The number of nitrogens with one attached hydrogen (secondary N) is 1. The van der Waals surface area contributed by atoms with E-state index in [-0.39, 0.29) is 5.43 Å². The first-order chi connectivity index (χ1) is 6.20. The van der Waals surface area contributed by atoms with E-state index in [0.717, 1.165) is 5.69 Å². The maximum atomic E-state index is 11.3. The molecule has 0 radical (unpaired) electrons. The molecule has 0 spiro atoms. The lowest BCUT2D eigenvalue weighted by Crippen LogP contribution is -2.01. The lowest BCUT2D eigenvalue weighted by Gasteiger charge is -1.90. The second kappa shape index (κ2) is 2.68. The highest BCUT2D eigenvalue weighted by atomic mass is 32.1. The normalized spacial score (nSPS) is 10.2. The molecule has 0 aromatic carbocycles. The number of H-pyrrole nitrogens is 1. The van der Waals surface area contributed by atoms with Gasteiger partial charge in [-0.15, -0.1) is 0 Å². The van der Waals surface area contributed by atoms with Gasteiger partial charge in [-0.05, 0) is 6.92 Å². The average Bonchev–Trinajstić information content (AvgIpc) is 2.47. The number of aromatic amines is 1. The van der Waals surface area contributed by atoms with Gasteiger partial charge in [-0.2, -0.15) is 5.26 Å². The van der Waals surface area contributed by atoms with Crippen LogP contribution in [-0.2, 0) is 0 Å². The van der Waals surface area contributed by atoms with Gasteiger partial charge in [-0.25, -0.2) is 4.98 Å². The third-order valence-corrected chi connectivity index (χ3v) is 2.49. The van der Waals surface area contributed by atoms with Crippen LogP contribution in [0.4, 0.5) is 0 Å². The highest BCUT2D eigenvalue weighted by Crippen LogP contribution is 2.16. The minimum Gasteiger partial charge on any atom is -0.349 e. The SMILES string of the molecule is Cc1cc(=O)c2nc(C#N)sc2[nH]1. The Hall–Kier alpha value is -1.67. The molecule has 1 N–H and O–H groups in total. The molecule has 2 heterocycles. The largest absolute Gasteiger partial charge is 0.349 e. The highest BCUT2D eigenvalue weighted by molar-refractivity contribution is 7.18. The van der Waals surface area contributed by atoms with Gasteiger partial charge in [0.1, 0.15) is 16.4 Å². The average molecular weight is 191 g/mol. The van der Waals surface area contributed by atoms with Crippen molar-refractivity contribution in [1.82, 2.24) is 9.97 Å². The molecule has 0 amide bonds. The molecule has 0 bridgehead atoms. The number of nitriles is 1. The minimum atomic E-state index is -0.135. The standard InChI is InChI=1S/C8H5N3OS/c1-4-2-5(12)7-8(10-4)13-6(3-9)11-7/h2H,1H3,(H,10,12). The van der Waals surface area contributed by atoms with Crippen molar-refractivity contribution in [2.24, 2.45) is 0 Å². The van der Waals surface area contributed by atoms with Crippen molar-refractivity contribution in [1.29, 1.82) is 5.26 Å². The summed E-state index contributed by atoms with van der Waals surface area (Å²) in [5.41, 5.74) is 1.00. The fourth-order valence-electron chi connectivity index (χ4n) is 1.10. The molecule has 0 saturated heterocycles. The molecular formula is C8H5N3OS. The van der Waals surface area contributed by atoms with Gasteiger partial charge in [0.15, 0.2) is 5.01 Å². The van der Waals surface area contributed by atoms with E-state index in [1.54, 1.807) is 6.92 Å². The van der Waals surface area contributed by atoms with Gasteiger partial charge in [-0.1, -0.05) is 11.3 Å². The smallest absolute Gasteiger partial charge is 0.208 e. The van der Waals surface area contributed by atoms with Crippen LogP contribution in [-0.4, -0.2) is 9.97 Å². The van der Waals surface area contributed by atoms with Gasteiger partial charge in [0.25, 0.3) is 0 Å². The van der Waals surface area contributed by atoms with Crippen LogP contribution in [0.2, 0.25) is 0 Å². The maximum absolute atomic E-state index is 11.3. The van der Waals surface area contributed by atoms with E-state index >= 15 is 0 Å². The number of rotatable bonds is 0. The number of fused-ring (bicyclic) bond motifs is 1. The van der Waals surface area contributed by atoms with Crippen molar-refractivity contribution in [3.63, 3.8) is 0 Å². The quantitative estimate of drug-likeness (QED) is 0.679. The summed E-state index contributed by atoms with van der Waals surface area (Å²) in [6, 6.07) is 3.39. The van der Waals surface area contributed by atoms with E-state index in [1.165, 1.54) is 17.4 Å². The summed E-state index contributed by atoms with van der Waals surface area (Å²) in [6.07, 6.45) is 0. The first-order valence-electron chi connectivity index (χ1n) is 3.61. The van der Waals surface area contributed by atoms with Crippen molar-refractivity contribution in [2.45, 2.75) is 6.92 Å². The van der Waals surface area contributed by atoms with E-state index in [4.69, 9.17) is 5.26 Å². The predicted octanol–water partition coefficient (Wildman–Crippen LogP) is 1.16. The van der Waals surface area contributed by atoms with Crippen LogP contribution in [0.15, 0.2) is 10.9 Å². The van der Waals surface area contributed by atoms with Gasteiger partial charge in [-0.3, -0.25) is 4.79 Å². The molecule has 0 aliphatic heterocycles. The first kappa shape index (κ1) is 7.95. The summed E-state index contributed by atoms with van der Waals surface area (Å²) >= 11 is 1.20. The van der Waals surface area contributed by atoms with Crippen molar-refractivity contribution >= 4 is 21.7 Å². The second-order valence-electron chi connectivity index (χ2n) is 2.63. The second-order valence-corrected chi connectivity index (χ2v) is 3.62. The third-order valence-electron chi connectivity index (χ3n) is 1.61. The zero-order valence-electron chi connectivity index (χ0n) is 6.79. The summed E-state index contributed by atoms with van der Waals surface area (Å²) < 4.78 is 0. The van der Waals surface area contributed by atoms with Crippen molar-refractivity contribution in [3.8, 4) is 6.07 Å². The number of nitrogens with zero attached hydrogens (tertiary/aromatic N) is 2. The lowest BCUT2D eigenvalue weighted by atomic mass is 10.3. The zero-order chi connectivity index (χ0) is 9.42. The topological polar surface area (TPSA) is 69.5 Å². The Balaban J connectivity index is 2.93. The van der Waals surface area contributed by atoms with E-state index in [1.807, 2.05) is 6.07 Å². The van der Waals surface area contributed by atoms with Crippen LogP contribution in [0.3, 0.4) is 0 Å². The van der Waals surface area contributed by atoms with Gasteiger partial charge < -0.3 is 4.98 Å². The zero-order valence-corrected chi connectivity index (χ0v) is 7.60. The summed E-state index contributed by atoms with van der Waals surface area (Å²) in [7, 11) is 0. The minimum absolute atomic E-state index is 0.135. The fourth-order valence-corrected chi connectivity index (χ4v) is 1.93. The van der Waals surface area contributed by atoms with E-state index in [9.17, 15) is 4.79 Å². The Morgan fingerprint density at radius 3 is 3.15 bits per heavy atom. The summed E-state index contributed by atoms with van der Waals surface area (Å²) in [5.74, 6) is 0. The molecule has 13 heavy (non-hydrogen) atoms. The first-order valence-corrected chi connectivity index (χ1v) is 4.43. The molecular weight excluding hydrogens is 186 g/mol. The Morgan fingerprint density at radius 1 is 1.69 bits per heavy atom. The Morgan fingerprint density at radius 2 is 2.46 bits per heavy atom. The van der Waals surface area contributed by atoms with Crippen molar-refractivity contribution < 1.29 is 0 Å². The Kier molecular flexibility index (Phi) is 1.64. The number of thiazole rings is 1. The molecule has 2 aromatic heterocycles. The molecule has 64 valence electrons.